The molecule has 0 saturated carbocycles. The normalized spacial score (nSPS) is 17.7. The molecule has 1 aliphatic rings. The summed E-state index contributed by atoms with van der Waals surface area (Å²) in [5, 5.41) is 9.62. The van der Waals surface area contributed by atoms with Gasteiger partial charge in [-0.1, -0.05) is 37.6 Å². The molecule has 0 amide bonds. The number of aliphatic hydroxyl groups excluding tert-OH is 1. The number of hydrogen-bond donors (Lipinski definition) is 2. The first-order valence-corrected chi connectivity index (χ1v) is 8.46. The van der Waals surface area contributed by atoms with E-state index in [-0.39, 0.29) is 6.54 Å². The number of nitrogens with one attached hydrogen (secondary N) is 1. The third-order valence-corrected chi connectivity index (χ3v) is 5.08. The minimum Gasteiger partial charge on any atom is -0.392 e. The van der Waals surface area contributed by atoms with Gasteiger partial charge in [0.1, 0.15) is 0 Å². The van der Waals surface area contributed by atoms with Crippen LogP contribution in [0.25, 0.3) is 0 Å². The molecule has 6 heteroatoms. The molecule has 1 aliphatic heterocycles. The van der Waals surface area contributed by atoms with E-state index in [4.69, 9.17) is 0 Å². The highest BCUT2D eigenvalue weighted by molar-refractivity contribution is 7.87. The molecule has 2 N–H and O–H groups in total. The van der Waals surface area contributed by atoms with E-state index in [9.17, 15) is 13.5 Å². The number of aliphatic hydroxyl groups is 1. The fourth-order valence-corrected chi connectivity index (χ4v) is 3.63. The topological polar surface area (TPSA) is 69.6 Å². The van der Waals surface area contributed by atoms with Crippen LogP contribution in [0.2, 0.25) is 0 Å². The van der Waals surface area contributed by atoms with E-state index in [2.05, 4.69) is 4.72 Å². The first kappa shape index (κ1) is 15.4. The molecule has 0 fully saturated rings. The molecule has 0 aromatic heterocycles. The summed E-state index contributed by atoms with van der Waals surface area (Å²) < 4.78 is 28.3. The van der Waals surface area contributed by atoms with Crippen LogP contribution in [0.3, 0.4) is 0 Å². The molecule has 0 radical (unpaired) electrons. The van der Waals surface area contributed by atoms with E-state index in [1.54, 1.807) is 0 Å². The summed E-state index contributed by atoms with van der Waals surface area (Å²) in [6.45, 7) is 2.92. The van der Waals surface area contributed by atoms with Crippen LogP contribution in [0.4, 0.5) is 0 Å². The molecule has 20 heavy (non-hydrogen) atoms. The molecule has 1 atom stereocenters. The van der Waals surface area contributed by atoms with Gasteiger partial charge in [0, 0.05) is 19.6 Å². The Hall–Kier alpha value is -0.950. The standard InChI is InChI=1S/C14H22N2O3S/c1-2-5-14(17)10-15-20(18,19)16-9-8-12-6-3-4-7-13(12)11-16/h3-4,6-7,14-15,17H,2,5,8-11H2,1H3. The first-order valence-electron chi connectivity index (χ1n) is 7.02. The monoisotopic (exact) mass is 298 g/mol. The first-order chi connectivity index (χ1) is 9.53. The van der Waals surface area contributed by atoms with Crippen molar-refractivity contribution >= 4 is 10.2 Å². The van der Waals surface area contributed by atoms with Gasteiger partial charge in [0.05, 0.1) is 6.10 Å². The Morgan fingerprint density at radius 2 is 2.05 bits per heavy atom. The van der Waals surface area contributed by atoms with Gasteiger partial charge < -0.3 is 5.11 Å². The van der Waals surface area contributed by atoms with Crippen LogP contribution in [-0.2, 0) is 23.2 Å². The van der Waals surface area contributed by atoms with E-state index < -0.39 is 16.3 Å². The maximum Gasteiger partial charge on any atom is 0.279 e. The molecule has 2 rings (SSSR count). The summed E-state index contributed by atoms with van der Waals surface area (Å²) in [6, 6.07) is 7.90. The van der Waals surface area contributed by atoms with Crippen molar-refractivity contribution in [1.29, 1.82) is 0 Å². The molecule has 1 heterocycles. The van der Waals surface area contributed by atoms with E-state index >= 15 is 0 Å². The highest BCUT2D eigenvalue weighted by Crippen LogP contribution is 2.20. The molecule has 5 nitrogen and oxygen atoms in total. The van der Waals surface area contributed by atoms with E-state index in [0.717, 1.165) is 18.4 Å². The van der Waals surface area contributed by atoms with Gasteiger partial charge in [-0.05, 0) is 24.0 Å². The third-order valence-electron chi connectivity index (χ3n) is 3.56. The lowest BCUT2D eigenvalue weighted by atomic mass is 10.0. The van der Waals surface area contributed by atoms with Crippen LogP contribution in [0.15, 0.2) is 24.3 Å². The minimum atomic E-state index is -3.52. The summed E-state index contributed by atoms with van der Waals surface area (Å²) >= 11 is 0. The van der Waals surface area contributed by atoms with Crippen LogP contribution in [0.1, 0.15) is 30.9 Å². The number of benzene rings is 1. The van der Waals surface area contributed by atoms with Crippen molar-refractivity contribution in [3.8, 4) is 0 Å². The predicted octanol–water partition coefficient (Wildman–Crippen LogP) is 1.04. The van der Waals surface area contributed by atoms with Gasteiger partial charge in [-0.3, -0.25) is 0 Å². The van der Waals surface area contributed by atoms with Crippen LogP contribution in [0, 0.1) is 0 Å². The molecule has 112 valence electrons. The average molecular weight is 298 g/mol. The second-order valence-electron chi connectivity index (χ2n) is 5.15. The number of fused-ring (bicyclic) bond motifs is 1. The molecule has 1 aromatic rings. The summed E-state index contributed by atoms with van der Waals surface area (Å²) in [5.74, 6) is 0. The molecule has 0 spiro atoms. The van der Waals surface area contributed by atoms with Crippen LogP contribution < -0.4 is 4.72 Å². The average Bonchev–Trinajstić information content (AvgIpc) is 2.45. The smallest absolute Gasteiger partial charge is 0.279 e. The Bertz CT molecular complexity index is 545. The van der Waals surface area contributed by atoms with E-state index in [0.29, 0.717) is 19.5 Å². The lowest BCUT2D eigenvalue weighted by molar-refractivity contribution is 0.166. The van der Waals surface area contributed by atoms with Gasteiger partial charge in [0.25, 0.3) is 10.2 Å². The van der Waals surface area contributed by atoms with Crippen LogP contribution in [0.5, 0.6) is 0 Å². The fourth-order valence-electron chi connectivity index (χ4n) is 2.40. The Morgan fingerprint density at radius 3 is 2.75 bits per heavy atom. The predicted molar refractivity (Wildman–Crippen MR) is 78.4 cm³/mol. The number of nitrogens with zero attached hydrogens (tertiary/aromatic N) is 1. The Kier molecular flexibility index (Phi) is 5.15. The zero-order valence-electron chi connectivity index (χ0n) is 11.7. The maximum absolute atomic E-state index is 12.2. The lowest BCUT2D eigenvalue weighted by Gasteiger charge is -2.28. The van der Waals surface area contributed by atoms with Gasteiger partial charge in [-0.25, -0.2) is 0 Å². The van der Waals surface area contributed by atoms with E-state index in [1.165, 1.54) is 9.87 Å². The van der Waals surface area contributed by atoms with Crippen molar-refractivity contribution in [2.45, 2.75) is 38.8 Å². The maximum atomic E-state index is 12.2. The van der Waals surface area contributed by atoms with E-state index in [1.807, 2.05) is 31.2 Å². The molecule has 0 aliphatic carbocycles. The van der Waals surface area contributed by atoms with Crippen molar-refractivity contribution in [3.63, 3.8) is 0 Å². The Morgan fingerprint density at radius 1 is 1.35 bits per heavy atom. The van der Waals surface area contributed by atoms with Gasteiger partial charge in [0.2, 0.25) is 0 Å². The Labute approximate surface area is 120 Å². The number of rotatable bonds is 6. The fraction of sp³-hybridized carbons (Fsp3) is 0.571. The quantitative estimate of drug-likeness (QED) is 0.824. The van der Waals surface area contributed by atoms with Crippen LogP contribution >= 0.6 is 0 Å². The largest absolute Gasteiger partial charge is 0.392 e. The van der Waals surface area contributed by atoms with Crippen molar-refractivity contribution < 1.29 is 13.5 Å². The SMILES string of the molecule is CCCC(O)CNS(=O)(=O)N1CCc2ccccc2C1. The molecule has 0 saturated heterocycles. The van der Waals surface area contributed by atoms with Crippen molar-refractivity contribution in [2.24, 2.45) is 0 Å². The summed E-state index contributed by atoms with van der Waals surface area (Å²) in [6.07, 6.45) is 1.55. The third kappa shape index (κ3) is 3.79. The van der Waals surface area contributed by atoms with Gasteiger partial charge in [0.15, 0.2) is 0 Å². The van der Waals surface area contributed by atoms with Gasteiger partial charge in [-0.2, -0.15) is 17.4 Å². The molecule has 1 aromatic carbocycles. The van der Waals surface area contributed by atoms with Crippen molar-refractivity contribution in [3.05, 3.63) is 35.4 Å². The number of hydrogen-bond acceptors (Lipinski definition) is 3. The van der Waals surface area contributed by atoms with Crippen molar-refractivity contribution in [2.75, 3.05) is 13.1 Å². The molecular formula is C14H22N2O3S. The summed E-state index contributed by atoms with van der Waals surface area (Å²) in [4.78, 5) is 0. The highest BCUT2D eigenvalue weighted by atomic mass is 32.2. The summed E-state index contributed by atoms with van der Waals surface area (Å²) in [5.41, 5.74) is 2.27. The lowest BCUT2D eigenvalue weighted by Crippen LogP contribution is -2.45. The molecule has 0 bridgehead atoms. The molecule has 1 unspecified atom stereocenters. The van der Waals surface area contributed by atoms with Gasteiger partial charge in [-0.15, -0.1) is 0 Å². The zero-order chi connectivity index (χ0) is 14.6. The van der Waals surface area contributed by atoms with Crippen LogP contribution in [-0.4, -0.2) is 37.0 Å². The second-order valence-corrected chi connectivity index (χ2v) is 6.90. The van der Waals surface area contributed by atoms with Gasteiger partial charge >= 0.3 is 0 Å². The van der Waals surface area contributed by atoms with Crippen molar-refractivity contribution in [1.82, 2.24) is 9.03 Å². The minimum absolute atomic E-state index is 0.0777. The zero-order valence-corrected chi connectivity index (χ0v) is 12.6. The summed E-state index contributed by atoms with van der Waals surface area (Å²) in [7, 11) is -3.52. The second kappa shape index (κ2) is 6.67. The Balaban J connectivity index is 1.98. The highest BCUT2D eigenvalue weighted by Gasteiger charge is 2.26. The molecular weight excluding hydrogens is 276 g/mol.